The molecule has 0 aliphatic heterocycles. The van der Waals surface area contributed by atoms with Gasteiger partial charge in [-0.2, -0.15) is 0 Å². The van der Waals surface area contributed by atoms with Gasteiger partial charge in [0.2, 0.25) is 5.91 Å². The summed E-state index contributed by atoms with van der Waals surface area (Å²) in [5.74, 6) is -0.176. The topological polar surface area (TPSA) is 32.3 Å². The van der Waals surface area contributed by atoms with Crippen molar-refractivity contribution >= 4 is 51.3 Å². The van der Waals surface area contributed by atoms with Crippen LogP contribution in [0.15, 0.2) is 54.6 Å². The van der Waals surface area contributed by atoms with Crippen molar-refractivity contribution in [1.29, 1.82) is 0 Å². The van der Waals surface area contributed by atoms with E-state index in [4.69, 9.17) is 23.2 Å². The van der Waals surface area contributed by atoms with E-state index in [9.17, 15) is 4.79 Å². The number of carbonyl (C=O) groups excluding carboxylic acids is 1. The van der Waals surface area contributed by atoms with Gasteiger partial charge in [-0.1, -0.05) is 59.6 Å². The molecule has 0 aliphatic carbocycles. The first kappa shape index (κ1) is 17.6. The molecule has 0 heterocycles. The number of carbonyl (C=O) groups is 1. The second-order valence-corrected chi connectivity index (χ2v) is 6.77. The molecule has 3 aromatic rings. The van der Waals surface area contributed by atoms with Crippen molar-refractivity contribution in [3.05, 3.63) is 70.2 Å². The number of likely N-dealkylation sites (N-methyl/N-ethyl adjacent to an activating group) is 1. The standard InChI is InChI=1S/C20H18Cl2N2O/c1-13-7-10-17(21)20(19(13)22)23-18(25)12-24(2)16-9-8-14-5-3-4-6-15(14)11-16/h3-11H,12H2,1-2H3,(H,23,25). The van der Waals surface area contributed by atoms with Crippen LogP contribution in [-0.4, -0.2) is 19.5 Å². The van der Waals surface area contributed by atoms with Crippen LogP contribution in [-0.2, 0) is 4.79 Å². The number of benzene rings is 3. The Morgan fingerprint density at radius 3 is 2.52 bits per heavy atom. The van der Waals surface area contributed by atoms with E-state index in [0.717, 1.165) is 16.6 Å². The van der Waals surface area contributed by atoms with E-state index < -0.39 is 0 Å². The SMILES string of the molecule is Cc1ccc(Cl)c(NC(=O)CN(C)c2ccc3ccccc3c2)c1Cl. The van der Waals surface area contributed by atoms with Gasteiger partial charge in [-0.05, 0) is 41.5 Å². The minimum absolute atomic E-state index is 0.176. The summed E-state index contributed by atoms with van der Waals surface area (Å²) in [6, 6.07) is 17.8. The predicted octanol–water partition coefficient (Wildman–Crippen LogP) is 5.53. The van der Waals surface area contributed by atoms with Gasteiger partial charge in [0.1, 0.15) is 0 Å². The zero-order chi connectivity index (χ0) is 18.0. The van der Waals surface area contributed by atoms with Crippen LogP contribution in [0.3, 0.4) is 0 Å². The number of rotatable bonds is 4. The van der Waals surface area contributed by atoms with Crippen LogP contribution in [0.1, 0.15) is 5.56 Å². The Hall–Kier alpha value is -2.23. The van der Waals surface area contributed by atoms with Gasteiger partial charge >= 0.3 is 0 Å². The lowest BCUT2D eigenvalue weighted by Crippen LogP contribution is -2.30. The van der Waals surface area contributed by atoms with Gasteiger partial charge < -0.3 is 10.2 Å². The fraction of sp³-hybridized carbons (Fsp3) is 0.150. The molecule has 3 nitrogen and oxygen atoms in total. The number of amides is 1. The minimum Gasteiger partial charge on any atom is -0.365 e. The lowest BCUT2D eigenvalue weighted by atomic mass is 10.1. The molecule has 1 amide bonds. The van der Waals surface area contributed by atoms with Gasteiger partial charge in [0.25, 0.3) is 0 Å². The summed E-state index contributed by atoms with van der Waals surface area (Å²) in [4.78, 5) is 14.3. The summed E-state index contributed by atoms with van der Waals surface area (Å²) in [5.41, 5.74) is 2.29. The van der Waals surface area contributed by atoms with Crippen molar-refractivity contribution in [1.82, 2.24) is 0 Å². The van der Waals surface area contributed by atoms with Crippen molar-refractivity contribution in [2.24, 2.45) is 0 Å². The first-order chi connectivity index (χ1) is 12.0. The molecule has 1 N–H and O–H groups in total. The van der Waals surface area contributed by atoms with E-state index in [-0.39, 0.29) is 12.5 Å². The average Bonchev–Trinajstić information content (AvgIpc) is 2.61. The van der Waals surface area contributed by atoms with Gasteiger partial charge in [0.05, 0.1) is 22.3 Å². The summed E-state index contributed by atoms with van der Waals surface area (Å²) in [6.07, 6.45) is 0. The largest absolute Gasteiger partial charge is 0.365 e. The molecule has 0 atom stereocenters. The molecule has 0 fully saturated rings. The van der Waals surface area contributed by atoms with Crippen molar-refractivity contribution in [3.63, 3.8) is 0 Å². The van der Waals surface area contributed by atoms with Crippen LogP contribution in [0.4, 0.5) is 11.4 Å². The van der Waals surface area contributed by atoms with Crippen molar-refractivity contribution in [3.8, 4) is 0 Å². The molecule has 0 aliphatic rings. The van der Waals surface area contributed by atoms with Crippen LogP contribution >= 0.6 is 23.2 Å². The summed E-state index contributed by atoms with van der Waals surface area (Å²) >= 11 is 12.4. The fourth-order valence-corrected chi connectivity index (χ4v) is 3.14. The molecule has 0 aromatic heterocycles. The third-order valence-corrected chi connectivity index (χ3v) is 4.91. The number of fused-ring (bicyclic) bond motifs is 1. The summed E-state index contributed by atoms with van der Waals surface area (Å²) < 4.78 is 0. The maximum atomic E-state index is 12.4. The van der Waals surface area contributed by atoms with Gasteiger partial charge in [-0.25, -0.2) is 0 Å². The van der Waals surface area contributed by atoms with E-state index in [1.807, 2.05) is 49.2 Å². The Bertz CT molecular complexity index is 940. The molecule has 128 valence electrons. The zero-order valence-electron chi connectivity index (χ0n) is 14.0. The second kappa shape index (κ2) is 7.34. The predicted molar refractivity (Wildman–Crippen MR) is 107 cm³/mol. The lowest BCUT2D eigenvalue weighted by molar-refractivity contribution is -0.114. The molecule has 0 spiro atoms. The van der Waals surface area contributed by atoms with E-state index in [2.05, 4.69) is 23.5 Å². The van der Waals surface area contributed by atoms with Crippen LogP contribution in [0.2, 0.25) is 10.0 Å². The van der Waals surface area contributed by atoms with Crippen molar-refractivity contribution < 1.29 is 4.79 Å². The van der Waals surface area contributed by atoms with E-state index in [1.165, 1.54) is 5.39 Å². The fourth-order valence-electron chi connectivity index (χ4n) is 2.67. The van der Waals surface area contributed by atoms with Crippen molar-refractivity contribution in [2.45, 2.75) is 6.92 Å². The average molecular weight is 373 g/mol. The van der Waals surface area contributed by atoms with Gasteiger partial charge in [-0.15, -0.1) is 0 Å². The van der Waals surface area contributed by atoms with Gasteiger partial charge in [0.15, 0.2) is 0 Å². The minimum atomic E-state index is -0.176. The van der Waals surface area contributed by atoms with Gasteiger partial charge in [-0.3, -0.25) is 4.79 Å². The molecular formula is C20H18Cl2N2O. The van der Waals surface area contributed by atoms with E-state index >= 15 is 0 Å². The molecule has 3 aromatic carbocycles. The first-order valence-corrected chi connectivity index (χ1v) is 8.65. The first-order valence-electron chi connectivity index (χ1n) is 7.90. The monoisotopic (exact) mass is 372 g/mol. The molecule has 0 radical (unpaired) electrons. The molecule has 0 unspecified atom stereocenters. The Morgan fingerprint density at radius 2 is 1.76 bits per heavy atom. The molecule has 3 rings (SSSR count). The normalized spacial score (nSPS) is 10.7. The maximum Gasteiger partial charge on any atom is 0.243 e. The third-order valence-electron chi connectivity index (χ3n) is 4.10. The van der Waals surface area contributed by atoms with E-state index in [0.29, 0.717) is 15.7 Å². The number of halogens is 2. The molecule has 0 saturated heterocycles. The number of aryl methyl sites for hydroxylation is 1. The van der Waals surface area contributed by atoms with Crippen LogP contribution in [0, 0.1) is 6.92 Å². The Balaban J connectivity index is 1.75. The lowest BCUT2D eigenvalue weighted by Gasteiger charge is -2.20. The highest BCUT2D eigenvalue weighted by molar-refractivity contribution is 6.40. The number of nitrogens with zero attached hydrogens (tertiary/aromatic N) is 1. The Labute approximate surface area is 157 Å². The maximum absolute atomic E-state index is 12.4. The molecule has 5 heteroatoms. The molecule has 25 heavy (non-hydrogen) atoms. The number of hydrogen-bond donors (Lipinski definition) is 1. The van der Waals surface area contributed by atoms with Crippen LogP contribution in [0.5, 0.6) is 0 Å². The number of anilines is 2. The second-order valence-electron chi connectivity index (χ2n) is 5.99. The molecule has 0 saturated carbocycles. The number of hydrogen-bond acceptors (Lipinski definition) is 2. The van der Waals surface area contributed by atoms with Crippen LogP contribution in [0.25, 0.3) is 10.8 Å². The number of nitrogens with one attached hydrogen (secondary N) is 1. The van der Waals surface area contributed by atoms with E-state index in [1.54, 1.807) is 6.07 Å². The summed E-state index contributed by atoms with van der Waals surface area (Å²) in [5, 5.41) is 6.01. The highest BCUT2D eigenvalue weighted by Crippen LogP contribution is 2.32. The summed E-state index contributed by atoms with van der Waals surface area (Å²) in [7, 11) is 1.88. The Kier molecular flexibility index (Phi) is 5.16. The molecular weight excluding hydrogens is 355 g/mol. The third kappa shape index (κ3) is 3.89. The van der Waals surface area contributed by atoms with Crippen LogP contribution < -0.4 is 10.2 Å². The Morgan fingerprint density at radius 1 is 1.04 bits per heavy atom. The quantitative estimate of drug-likeness (QED) is 0.652. The smallest absolute Gasteiger partial charge is 0.243 e. The summed E-state index contributed by atoms with van der Waals surface area (Å²) in [6.45, 7) is 2.06. The highest BCUT2D eigenvalue weighted by Gasteiger charge is 2.14. The van der Waals surface area contributed by atoms with Gasteiger partial charge in [0, 0.05) is 12.7 Å². The zero-order valence-corrected chi connectivity index (χ0v) is 15.5. The molecule has 0 bridgehead atoms. The highest BCUT2D eigenvalue weighted by atomic mass is 35.5. The van der Waals surface area contributed by atoms with Crippen molar-refractivity contribution in [2.75, 3.05) is 23.8 Å².